The lowest BCUT2D eigenvalue weighted by Gasteiger charge is -2.43. The smallest absolute Gasteiger partial charge is 0.246 e. The number of hydrogen-bond acceptors (Lipinski definition) is 3. The molecule has 2 bridgehead atoms. The first kappa shape index (κ1) is 19.2. The monoisotopic (exact) mass is 377 g/mol. The summed E-state index contributed by atoms with van der Waals surface area (Å²) in [5.74, 6) is 0.984. The van der Waals surface area contributed by atoms with Gasteiger partial charge in [-0.05, 0) is 55.6 Å². The predicted molar refractivity (Wildman–Crippen MR) is 104 cm³/mol. The van der Waals surface area contributed by atoms with Crippen LogP contribution in [0.25, 0.3) is 0 Å². The zero-order valence-electron chi connectivity index (χ0n) is 15.0. The fourth-order valence-corrected chi connectivity index (χ4v) is 5.00. The third-order valence-corrected chi connectivity index (χ3v) is 6.39. The molecule has 1 heterocycles. The van der Waals surface area contributed by atoms with Crippen molar-refractivity contribution in [3.05, 3.63) is 29.8 Å². The zero-order valence-corrected chi connectivity index (χ0v) is 15.8. The van der Waals surface area contributed by atoms with Crippen LogP contribution in [0.15, 0.2) is 24.3 Å². The highest BCUT2D eigenvalue weighted by atomic mass is 35.5. The van der Waals surface area contributed by atoms with Gasteiger partial charge in [-0.25, -0.2) is 0 Å². The molecule has 3 N–H and O–H groups in total. The number of nitrogens with zero attached hydrogens (tertiary/aromatic N) is 1. The Labute approximate surface area is 161 Å². The molecule has 1 aromatic rings. The van der Waals surface area contributed by atoms with E-state index in [0.29, 0.717) is 18.4 Å². The number of rotatable bonds is 3. The Bertz CT molecular complexity index is 667. The van der Waals surface area contributed by atoms with E-state index >= 15 is 0 Å². The third kappa shape index (κ3) is 3.60. The third-order valence-electron chi connectivity index (χ3n) is 6.39. The maximum atomic E-state index is 12.6. The van der Waals surface area contributed by atoms with E-state index in [2.05, 4.69) is 11.4 Å². The van der Waals surface area contributed by atoms with Gasteiger partial charge >= 0.3 is 0 Å². The molecule has 2 aliphatic carbocycles. The van der Waals surface area contributed by atoms with Crippen molar-refractivity contribution < 1.29 is 9.59 Å². The van der Waals surface area contributed by atoms with Crippen LogP contribution in [0.5, 0.6) is 0 Å². The highest BCUT2D eigenvalue weighted by Crippen LogP contribution is 2.41. The highest BCUT2D eigenvalue weighted by molar-refractivity contribution is 5.98. The number of nitrogens with two attached hydrogens (primary N) is 1. The Balaban J connectivity index is 0.00000196. The summed E-state index contributed by atoms with van der Waals surface area (Å²) in [6.07, 6.45) is 6.17. The van der Waals surface area contributed by atoms with Crippen molar-refractivity contribution in [2.45, 2.75) is 44.6 Å². The first-order valence-electron chi connectivity index (χ1n) is 9.55. The molecule has 2 unspecified atom stereocenters. The Kier molecular flexibility index (Phi) is 5.88. The molecular weight excluding hydrogens is 350 g/mol. The molecule has 5 nitrogen and oxygen atoms in total. The molecule has 0 saturated heterocycles. The molecule has 4 rings (SSSR count). The van der Waals surface area contributed by atoms with E-state index < -0.39 is 0 Å². The summed E-state index contributed by atoms with van der Waals surface area (Å²) < 4.78 is 0. The molecule has 6 heteroatoms. The Hall–Kier alpha value is -1.59. The van der Waals surface area contributed by atoms with Crippen molar-refractivity contribution in [2.24, 2.45) is 23.5 Å². The first-order chi connectivity index (χ1) is 12.1. The standard InChI is InChI=1S/C20H27N3O2.ClH/c21-19-14-5-3-6-15(19)11-16(10-14)20(25)22-12-18(24)23-9-8-13-4-1-2-7-17(13)23;/h1-2,4,7,14-16,19H,3,5-6,8-12,21H2,(H,22,25);1H. The van der Waals surface area contributed by atoms with Crippen LogP contribution in [0.4, 0.5) is 5.69 Å². The number of fused-ring (bicyclic) bond motifs is 3. The van der Waals surface area contributed by atoms with Gasteiger partial charge in [-0.15, -0.1) is 12.4 Å². The van der Waals surface area contributed by atoms with Crippen LogP contribution >= 0.6 is 12.4 Å². The van der Waals surface area contributed by atoms with Crippen molar-refractivity contribution in [3.63, 3.8) is 0 Å². The van der Waals surface area contributed by atoms with Gasteiger partial charge in [0.2, 0.25) is 11.8 Å². The summed E-state index contributed by atoms with van der Waals surface area (Å²) in [7, 11) is 0. The number of amides is 2. The second kappa shape index (κ2) is 7.97. The molecule has 0 aromatic heterocycles. The van der Waals surface area contributed by atoms with Crippen molar-refractivity contribution >= 4 is 29.9 Å². The van der Waals surface area contributed by atoms with Crippen LogP contribution in [-0.2, 0) is 16.0 Å². The van der Waals surface area contributed by atoms with Gasteiger partial charge in [0.1, 0.15) is 0 Å². The first-order valence-corrected chi connectivity index (χ1v) is 9.55. The van der Waals surface area contributed by atoms with E-state index in [0.717, 1.165) is 37.8 Å². The van der Waals surface area contributed by atoms with E-state index in [1.54, 1.807) is 4.90 Å². The topological polar surface area (TPSA) is 75.4 Å². The van der Waals surface area contributed by atoms with E-state index in [1.165, 1.54) is 12.0 Å². The second-order valence-corrected chi connectivity index (χ2v) is 7.84. The lowest BCUT2D eigenvalue weighted by atomic mass is 9.65. The van der Waals surface area contributed by atoms with E-state index in [1.807, 2.05) is 18.2 Å². The van der Waals surface area contributed by atoms with Crippen molar-refractivity contribution in [1.29, 1.82) is 0 Å². The summed E-state index contributed by atoms with van der Waals surface area (Å²) >= 11 is 0. The molecule has 2 saturated carbocycles. The highest BCUT2D eigenvalue weighted by Gasteiger charge is 2.40. The Morgan fingerprint density at radius 3 is 2.58 bits per heavy atom. The van der Waals surface area contributed by atoms with Crippen molar-refractivity contribution in [1.82, 2.24) is 5.32 Å². The number of anilines is 1. The lowest BCUT2D eigenvalue weighted by Crippen LogP contribution is -2.50. The van der Waals surface area contributed by atoms with Crippen LogP contribution < -0.4 is 16.0 Å². The van der Waals surface area contributed by atoms with Crippen LogP contribution in [0, 0.1) is 17.8 Å². The molecule has 2 fully saturated rings. The molecule has 2 amide bonds. The molecule has 2 atom stereocenters. The number of carbonyl (C=O) groups excluding carboxylic acids is 2. The fourth-order valence-electron chi connectivity index (χ4n) is 5.00. The number of hydrogen-bond donors (Lipinski definition) is 2. The van der Waals surface area contributed by atoms with Gasteiger partial charge in [0, 0.05) is 24.2 Å². The number of halogens is 1. The van der Waals surface area contributed by atoms with Crippen LogP contribution in [-0.4, -0.2) is 30.9 Å². The molecule has 1 aliphatic heterocycles. The van der Waals surface area contributed by atoms with Crippen molar-refractivity contribution in [2.75, 3.05) is 18.0 Å². The Morgan fingerprint density at radius 1 is 1.15 bits per heavy atom. The van der Waals surface area contributed by atoms with Gasteiger partial charge in [0.25, 0.3) is 0 Å². The minimum atomic E-state index is -0.0222. The summed E-state index contributed by atoms with van der Waals surface area (Å²) in [5.41, 5.74) is 8.50. The maximum Gasteiger partial charge on any atom is 0.246 e. The van der Waals surface area contributed by atoms with E-state index in [4.69, 9.17) is 5.73 Å². The van der Waals surface area contributed by atoms with Gasteiger partial charge in [-0.2, -0.15) is 0 Å². The predicted octanol–water partition coefficient (Wildman–Crippen LogP) is 2.27. The number of nitrogens with one attached hydrogen (secondary N) is 1. The molecular formula is C20H28ClN3O2. The zero-order chi connectivity index (χ0) is 17.4. The lowest BCUT2D eigenvalue weighted by molar-refractivity contribution is -0.130. The fraction of sp³-hybridized carbons (Fsp3) is 0.600. The van der Waals surface area contributed by atoms with Gasteiger partial charge in [0.15, 0.2) is 0 Å². The van der Waals surface area contributed by atoms with E-state index in [-0.39, 0.29) is 42.7 Å². The maximum absolute atomic E-state index is 12.6. The molecule has 142 valence electrons. The average Bonchev–Trinajstić information content (AvgIpc) is 3.03. The molecule has 1 aromatic carbocycles. The summed E-state index contributed by atoms with van der Waals surface area (Å²) in [5, 5.41) is 2.89. The van der Waals surface area contributed by atoms with Crippen LogP contribution in [0.2, 0.25) is 0 Å². The average molecular weight is 378 g/mol. The van der Waals surface area contributed by atoms with Crippen LogP contribution in [0.1, 0.15) is 37.7 Å². The molecule has 0 spiro atoms. The minimum absolute atomic E-state index is 0. The summed E-state index contributed by atoms with van der Waals surface area (Å²) in [6.45, 7) is 0.793. The molecule has 26 heavy (non-hydrogen) atoms. The normalized spacial score (nSPS) is 29.5. The van der Waals surface area contributed by atoms with Crippen molar-refractivity contribution in [3.8, 4) is 0 Å². The number of carbonyl (C=O) groups is 2. The minimum Gasteiger partial charge on any atom is -0.347 e. The summed E-state index contributed by atoms with van der Waals surface area (Å²) in [4.78, 5) is 26.9. The van der Waals surface area contributed by atoms with Gasteiger partial charge in [-0.3, -0.25) is 9.59 Å². The quantitative estimate of drug-likeness (QED) is 0.848. The summed E-state index contributed by atoms with van der Waals surface area (Å²) in [6, 6.07) is 8.25. The molecule has 0 radical (unpaired) electrons. The number of para-hydroxylation sites is 1. The Morgan fingerprint density at radius 2 is 1.85 bits per heavy atom. The van der Waals surface area contributed by atoms with Gasteiger partial charge in [0.05, 0.1) is 6.54 Å². The SMILES string of the molecule is Cl.NC1C2CCCC1CC(C(=O)NCC(=O)N1CCc3ccccc31)C2. The largest absolute Gasteiger partial charge is 0.347 e. The van der Waals surface area contributed by atoms with Gasteiger partial charge < -0.3 is 16.0 Å². The second-order valence-electron chi connectivity index (χ2n) is 7.84. The van der Waals surface area contributed by atoms with Gasteiger partial charge in [-0.1, -0.05) is 24.6 Å². The number of benzene rings is 1. The van der Waals surface area contributed by atoms with Crippen LogP contribution in [0.3, 0.4) is 0 Å². The van der Waals surface area contributed by atoms with E-state index in [9.17, 15) is 9.59 Å². The molecule has 3 aliphatic rings.